The van der Waals surface area contributed by atoms with Crippen molar-refractivity contribution in [3.05, 3.63) is 47.9 Å². The molecule has 11 heteroatoms. The molecule has 0 unspecified atom stereocenters. The summed E-state index contributed by atoms with van der Waals surface area (Å²) in [6.07, 6.45) is 3.60. The summed E-state index contributed by atoms with van der Waals surface area (Å²) in [5, 5.41) is 15.1. The Hall–Kier alpha value is -3.18. The van der Waals surface area contributed by atoms with E-state index in [9.17, 15) is 18.3 Å². The smallest absolute Gasteiger partial charge is 0.370 e. The fraction of sp³-hybridized carbons (Fsp3) is 0.316. The van der Waals surface area contributed by atoms with Gasteiger partial charge in [0.2, 0.25) is 5.84 Å². The van der Waals surface area contributed by atoms with E-state index in [-0.39, 0.29) is 40.6 Å². The lowest BCUT2D eigenvalue weighted by molar-refractivity contribution is -0.592. The van der Waals surface area contributed by atoms with Crippen LogP contribution >= 0.6 is 0 Å². The van der Waals surface area contributed by atoms with E-state index < -0.39 is 10.2 Å². The number of carbonyl (C=O) groups excluding carboxylic acids is 1. The molecular weight excluding hydrogens is 410 g/mol. The number of aromatic hydroxyl groups is 1. The van der Waals surface area contributed by atoms with Crippen LogP contribution in [0.5, 0.6) is 5.75 Å². The first-order chi connectivity index (χ1) is 14.2. The largest absolute Gasteiger partial charge is 0.505 e. The van der Waals surface area contributed by atoms with Gasteiger partial charge in [0.1, 0.15) is 0 Å². The average molecular weight is 432 g/mol. The normalized spacial score (nSPS) is 18.5. The third kappa shape index (κ3) is 4.07. The molecule has 2 aliphatic rings. The van der Waals surface area contributed by atoms with Crippen LogP contribution in [0.4, 0.5) is 5.69 Å². The SMILES string of the molecule is CN(C)C(=O)c1cccc(NC2=NS(=O)(=O)N=C2[NH2+][C@@H](c2ccco2)C2CC2)c1O. The van der Waals surface area contributed by atoms with Crippen LogP contribution in [-0.2, 0) is 10.2 Å². The lowest BCUT2D eigenvalue weighted by atomic mass is 10.1. The molecule has 1 saturated carbocycles. The number of phenolic OH excluding ortho intramolecular Hbond substituents is 1. The Morgan fingerprint density at radius 3 is 2.67 bits per heavy atom. The summed E-state index contributed by atoms with van der Waals surface area (Å²) >= 11 is 0. The number of quaternary nitrogens is 1. The monoisotopic (exact) mass is 432 g/mol. The molecule has 10 nitrogen and oxygen atoms in total. The molecule has 1 aliphatic heterocycles. The molecule has 1 aliphatic carbocycles. The van der Waals surface area contributed by atoms with Crippen molar-refractivity contribution in [2.75, 3.05) is 19.4 Å². The van der Waals surface area contributed by atoms with Crippen molar-refractivity contribution in [2.45, 2.75) is 18.9 Å². The summed E-state index contributed by atoms with van der Waals surface area (Å²) < 4.78 is 37.1. The lowest BCUT2D eigenvalue weighted by Gasteiger charge is -2.15. The Labute approximate surface area is 173 Å². The summed E-state index contributed by atoms with van der Waals surface area (Å²) in [4.78, 5) is 13.6. The van der Waals surface area contributed by atoms with Gasteiger partial charge in [0.05, 0.1) is 17.5 Å². The van der Waals surface area contributed by atoms with Crippen molar-refractivity contribution in [1.29, 1.82) is 0 Å². The fourth-order valence-corrected chi connectivity index (χ4v) is 4.10. The van der Waals surface area contributed by atoms with E-state index in [0.717, 1.165) is 18.6 Å². The predicted molar refractivity (Wildman–Crippen MR) is 110 cm³/mol. The van der Waals surface area contributed by atoms with Crippen molar-refractivity contribution in [2.24, 2.45) is 14.7 Å². The number of carbonyl (C=O) groups is 1. The molecule has 0 spiro atoms. The molecule has 30 heavy (non-hydrogen) atoms. The summed E-state index contributed by atoms with van der Waals surface area (Å²) in [6, 6.07) is 8.09. The van der Waals surface area contributed by atoms with E-state index in [0.29, 0.717) is 5.92 Å². The number of amidine groups is 2. The summed E-state index contributed by atoms with van der Waals surface area (Å²) in [5.41, 5.74) is 0.237. The van der Waals surface area contributed by atoms with E-state index in [1.807, 2.05) is 6.07 Å². The zero-order valence-electron chi connectivity index (χ0n) is 16.4. The second kappa shape index (κ2) is 7.58. The van der Waals surface area contributed by atoms with E-state index in [1.165, 1.54) is 17.0 Å². The van der Waals surface area contributed by atoms with Gasteiger partial charge in [0.25, 0.3) is 11.7 Å². The molecule has 158 valence electrons. The van der Waals surface area contributed by atoms with Gasteiger partial charge >= 0.3 is 10.2 Å². The van der Waals surface area contributed by atoms with Crippen LogP contribution in [0.1, 0.15) is 35.0 Å². The van der Waals surface area contributed by atoms with Crippen molar-refractivity contribution in [1.82, 2.24) is 4.90 Å². The molecule has 1 atom stereocenters. The third-order valence-corrected chi connectivity index (χ3v) is 5.77. The van der Waals surface area contributed by atoms with Crippen LogP contribution < -0.4 is 10.6 Å². The molecule has 1 aromatic heterocycles. The first kappa shape index (κ1) is 20.1. The highest BCUT2D eigenvalue weighted by Crippen LogP contribution is 2.39. The number of nitrogens with two attached hydrogens (primary N) is 1. The number of amides is 1. The van der Waals surface area contributed by atoms with Crippen molar-refractivity contribution in [3.63, 3.8) is 0 Å². The topological polar surface area (TPSA) is 141 Å². The van der Waals surface area contributed by atoms with E-state index in [2.05, 4.69) is 14.1 Å². The molecule has 4 N–H and O–H groups in total. The maximum Gasteiger partial charge on any atom is 0.370 e. The molecule has 0 radical (unpaired) electrons. The van der Waals surface area contributed by atoms with Crippen LogP contribution in [-0.4, -0.2) is 50.1 Å². The van der Waals surface area contributed by atoms with Crippen LogP contribution in [0.25, 0.3) is 0 Å². The van der Waals surface area contributed by atoms with Gasteiger partial charge < -0.3 is 19.7 Å². The van der Waals surface area contributed by atoms with Gasteiger partial charge in [0.15, 0.2) is 17.6 Å². The van der Waals surface area contributed by atoms with Crippen molar-refractivity contribution in [3.8, 4) is 5.75 Å². The Kier molecular flexibility index (Phi) is 5.08. The average Bonchev–Trinajstić information content (AvgIpc) is 3.29. The lowest BCUT2D eigenvalue weighted by Crippen LogP contribution is -2.91. The molecule has 1 amide bonds. The van der Waals surface area contributed by atoms with Crippen molar-refractivity contribution < 1.29 is 28.1 Å². The first-order valence-electron chi connectivity index (χ1n) is 9.39. The molecule has 4 rings (SSSR count). The van der Waals surface area contributed by atoms with Gasteiger partial charge in [0, 0.05) is 20.0 Å². The van der Waals surface area contributed by atoms with Gasteiger partial charge in [-0.15, -0.1) is 4.40 Å². The number of nitrogens with one attached hydrogen (secondary N) is 1. The predicted octanol–water partition coefficient (Wildman–Crippen LogP) is 0.869. The molecule has 0 bridgehead atoms. The van der Waals surface area contributed by atoms with Gasteiger partial charge in [-0.3, -0.25) is 10.1 Å². The van der Waals surface area contributed by atoms with Gasteiger partial charge in [-0.25, -0.2) is 0 Å². The highest BCUT2D eigenvalue weighted by molar-refractivity contribution is 7.89. The number of benzene rings is 1. The minimum Gasteiger partial charge on any atom is -0.505 e. The zero-order chi connectivity index (χ0) is 21.5. The number of hydrogen-bond donors (Lipinski definition) is 3. The number of phenols is 1. The van der Waals surface area contributed by atoms with Crippen LogP contribution in [0.3, 0.4) is 0 Å². The number of hydrogen-bond acceptors (Lipinski definition) is 6. The second-order valence-corrected chi connectivity index (χ2v) is 8.70. The molecule has 1 fully saturated rings. The number of rotatable bonds is 5. The van der Waals surface area contributed by atoms with Crippen LogP contribution in [0.2, 0.25) is 0 Å². The fourth-order valence-electron chi connectivity index (χ4n) is 3.29. The molecule has 1 aromatic carbocycles. The number of furan rings is 1. The van der Waals surface area contributed by atoms with E-state index in [4.69, 9.17) is 4.42 Å². The maximum atomic E-state index is 12.3. The number of para-hydroxylation sites is 1. The number of anilines is 1. The molecule has 0 saturated heterocycles. The van der Waals surface area contributed by atoms with Crippen LogP contribution in [0.15, 0.2) is 49.8 Å². The zero-order valence-corrected chi connectivity index (χ0v) is 17.3. The van der Waals surface area contributed by atoms with Crippen LogP contribution in [0, 0.1) is 5.92 Å². The Balaban J connectivity index is 1.62. The second-order valence-electron chi connectivity index (χ2n) is 7.44. The minimum atomic E-state index is -4.04. The molecule has 2 heterocycles. The summed E-state index contributed by atoms with van der Waals surface area (Å²) in [6.45, 7) is 0. The standard InChI is InChI=1S/C19H21N5O5S/c1-24(2)19(26)12-5-3-6-13(16(12)25)20-17-18(23-30(27,28)22-17)21-15(11-8-9-11)14-7-4-10-29-14/h3-7,10-11,15,25H,8-9H2,1-2H3,(H,20,22)(H,21,23)/p+1/t15-/m1/s1. The first-order valence-corrected chi connectivity index (χ1v) is 10.8. The van der Waals surface area contributed by atoms with Gasteiger partial charge in [-0.1, -0.05) is 10.5 Å². The van der Waals surface area contributed by atoms with Gasteiger partial charge in [-0.05, 0) is 37.1 Å². The summed E-state index contributed by atoms with van der Waals surface area (Å²) in [5.74, 6) is 0.517. The van der Waals surface area contributed by atoms with Crippen molar-refractivity contribution >= 4 is 33.5 Å². The highest BCUT2D eigenvalue weighted by Gasteiger charge is 2.41. The Bertz CT molecular complexity index is 1130. The van der Waals surface area contributed by atoms with Gasteiger partial charge in [-0.2, -0.15) is 8.42 Å². The quantitative estimate of drug-likeness (QED) is 0.599. The molecule has 2 aromatic rings. The van der Waals surface area contributed by atoms with E-state index in [1.54, 1.807) is 37.8 Å². The Morgan fingerprint density at radius 1 is 1.27 bits per heavy atom. The third-order valence-electron chi connectivity index (χ3n) is 4.93. The minimum absolute atomic E-state index is 0.0167. The van der Waals surface area contributed by atoms with E-state index >= 15 is 0 Å². The summed E-state index contributed by atoms with van der Waals surface area (Å²) in [7, 11) is -0.900. The number of nitrogens with zero attached hydrogens (tertiary/aromatic N) is 3. The maximum absolute atomic E-state index is 12.3. The molecular formula is C19H22N5O5S+. The highest BCUT2D eigenvalue weighted by atomic mass is 32.2. The Morgan fingerprint density at radius 2 is 2.03 bits per heavy atom.